The molecular weight excluding hydrogens is 278 g/mol. The smallest absolute Gasteiger partial charge is 0.267 e. The van der Waals surface area contributed by atoms with Crippen molar-refractivity contribution >= 4 is 5.91 Å². The predicted octanol–water partition coefficient (Wildman–Crippen LogP) is 0.168. The van der Waals surface area contributed by atoms with Gasteiger partial charge in [0.25, 0.3) is 5.91 Å². The average molecular weight is 297 g/mol. The Morgan fingerprint density at radius 2 is 2.14 bits per heavy atom. The Bertz CT molecular complexity index is 476. The quantitative estimate of drug-likeness (QED) is 0.309. The molecule has 7 nitrogen and oxygen atoms in total. The maximum atomic E-state index is 11.0. The fourth-order valence-corrected chi connectivity index (χ4v) is 1.72. The van der Waals surface area contributed by atoms with Gasteiger partial charge in [-0.2, -0.15) is 0 Å². The summed E-state index contributed by atoms with van der Waals surface area (Å²) in [7, 11) is 1.38. The molecule has 116 valence electrons. The van der Waals surface area contributed by atoms with Crippen LogP contribution in [-0.2, 0) is 9.53 Å². The Balaban J connectivity index is 2.91. The highest BCUT2D eigenvalue weighted by atomic mass is 16.5. The molecule has 1 rings (SSSR count). The third kappa shape index (κ3) is 5.16. The SMILES string of the molecule is CO[C@@H](/C=C/C(=O)NO)[C@@H](O)c1ccccc1OCCO. The van der Waals surface area contributed by atoms with Gasteiger partial charge in [-0.15, -0.1) is 0 Å². The highest BCUT2D eigenvalue weighted by Gasteiger charge is 2.21. The highest BCUT2D eigenvalue weighted by Crippen LogP contribution is 2.28. The van der Waals surface area contributed by atoms with Gasteiger partial charge in [-0.05, 0) is 12.1 Å². The molecule has 1 aromatic rings. The summed E-state index contributed by atoms with van der Waals surface area (Å²) >= 11 is 0. The molecule has 0 heterocycles. The fourth-order valence-electron chi connectivity index (χ4n) is 1.72. The number of para-hydroxylation sites is 1. The minimum atomic E-state index is -1.08. The summed E-state index contributed by atoms with van der Waals surface area (Å²) in [5.74, 6) is -0.310. The van der Waals surface area contributed by atoms with Crippen molar-refractivity contribution in [2.24, 2.45) is 0 Å². The van der Waals surface area contributed by atoms with Crippen molar-refractivity contribution in [1.82, 2.24) is 5.48 Å². The van der Waals surface area contributed by atoms with Gasteiger partial charge >= 0.3 is 0 Å². The largest absolute Gasteiger partial charge is 0.491 e. The number of aliphatic hydroxyl groups is 2. The number of amides is 1. The maximum absolute atomic E-state index is 11.0. The number of carbonyl (C=O) groups is 1. The topological polar surface area (TPSA) is 108 Å². The molecule has 0 fully saturated rings. The van der Waals surface area contributed by atoms with Crippen LogP contribution in [0, 0.1) is 0 Å². The first-order valence-electron chi connectivity index (χ1n) is 6.29. The number of nitrogens with one attached hydrogen (secondary N) is 1. The molecule has 1 amide bonds. The van der Waals surface area contributed by atoms with Crippen LogP contribution >= 0.6 is 0 Å². The molecule has 7 heteroatoms. The molecule has 4 N–H and O–H groups in total. The van der Waals surface area contributed by atoms with E-state index in [2.05, 4.69) is 0 Å². The van der Waals surface area contributed by atoms with Crippen LogP contribution in [0.2, 0.25) is 0 Å². The second kappa shape index (κ2) is 9.09. The molecule has 0 aromatic heterocycles. The van der Waals surface area contributed by atoms with Crippen molar-refractivity contribution in [2.75, 3.05) is 20.3 Å². The van der Waals surface area contributed by atoms with Crippen LogP contribution in [-0.4, -0.2) is 47.8 Å². The molecule has 0 aliphatic rings. The van der Waals surface area contributed by atoms with Crippen LogP contribution in [0.15, 0.2) is 36.4 Å². The van der Waals surface area contributed by atoms with Gasteiger partial charge in [0.05, 0.1) is 6.61 Å². The number of hydroxylamine groups is 1. The van der Waals surface area contributed by atoms with Crippen molar-refractivity contribution in [3.05, 3.63) is 42.0 Å². The van der Waals surface area contributed by atoms with E-state index in [1.807, 2.05) is 0 Å². The molecule has 0 saturated carbocycles. The molecule has 2 atom stereocenters. The summed E-state index contributed by atoms with van der Waals surface area (Å²) < 4.78 is 10.5. The summed E-state index contributed by atoms with van der Waals surface area (Å²) in [4.78, 5) is 11.0. The van der Waals surface area contributed by atoms with E-state index in [9.17, 15) is 9.90 Å². The average Bonchev–Trinajstić information content (AvgIpc) is 2.53. The molecule has 21 heavy (non-hydrogen) atoms. The first kappa shape index (κ1) is 17.1. The number of carbonyl (C=O) groups excluding carboxylic acids is 1. The zero-order chi connectivity index (χ0) is 15.7. The van der Waals surface area contributed by atoms with Crippen LogP contribution in [0.4, 0.5) is 0 Å². The van der Waals surface area contributed by atoms with E-state index >= 15 is 0 Å². The van der Waals surface area contributed by atoms with Crippen molar-refractivity contribution in [1.29, 1.82) is 0 Å². The highest BCUT2D eigenvalue weighted by molar-refractivity contribution is 5.86. The van der Waals surface area contributed by atoms with E-state index in [-0.39, 0.29) is 13.2 Å². The number of benzene rings is 1. The molecule has 0 radical (unpaired) electrons. The normalized spacial score (nSPS) is 13.9. The zero-order valence-electron chi connectivity index (χ0n) is 11.6. The monoisotopic (exact) mass is 297 g/mol. The van der Waals surface area contributed by atoms with E-state index in [1.165, 1.54) is 18.7 Å². The standard InChI is InChI=1S/C14H19NO6/c1-20-12(6-7-13(17)15-19)14(18)10-4-2-3-5-11(10)21-9-8-16/h2-7,12,14,16,18-19H,8-9H2,1H3,(H,15,17)/b7-6+/t12-,14-/m0/s1. The lowest BCUT2D eigenvalue weighted by molar-refractivity contribution is -0.124. The van der Waals surface area contributed by atoms with Gasteiger partial charge < -0.3 is 19.7 Å². The predicted molar refractivity (Wildman–Crippen MR) is 73.8 cm³/mol. The van der Waals surface area contributed by atoms with Crippen molar-refractivity contribution in [2.45, 2.75) is 12.2 Å². The van der Waals surface area contributed by atoms with E-state index in [0.717, 1.165) is 6.08 Å². The number of rotatable bonds is 8. The number of methoxy groups -OCH3 is 1. The lowest BCUT2D eigenvalue weighted by Gasteiger charge is -2.21. The Morgan fingerprint density at radius 1 is 1.43 bits per heavy atom. The van der Waals surface area contributed by atoms with E-state index < -0.39 is 18.1 Å². The Kier molecular flexibility index (Phi) is 7.41. The molecule has 0 unspecified atom stereocenters. The van der Waals surface area contributed by atoms with Gasteiger partial charge in [-0.3, -0.25) is 10.0 Å². The fraction of sp³-hybridized carbons (Fsp3) is 0.357. The number of aliphatic hydroxyl groups excluding tert-OH is 2. The second-order valence-electron chi connectivity index (χ2n) is 4.09. The van der Waals surface area contributed by atoms with Crippen LogP contribution < -0.4 is 10.2 Å². The number of hydrogen-bond donors (Lipinski definition) is 4. The van der Waals surface area contributed by atoms with E-state index in [4.69, 9.17) is 19.8 Å². The molecule has 0 aliphatic carbocycles. The summed E-state index contributed by atoms with van der Waals surface area (Å²) in [6, 6.07) is 6.77. The third-order valence-electron chi connectivity index (χ3n) is 2.72. The van der Waals surface area contributed by atoms with Gasteiger partial charge in [-0.1, -0.05) is 18.2 Å². The lowest BCUT2D eigenvalue weighted by Crippen LogP contribution is -2.21. The molecule has 0 saturated heterocycles. The van der Waals surface area contributed by atoms with Crippen molar-refractivity contribution in [3.8, 4) is 5.75 Å². The summed E-state index contributed by atoms with van der Waals surface area (Å²) in [5, 5.41) is 27.5. The molecule has 0 aliphatic heterocycles. The van der Waals surface area contributed by atoms with E-state index in [1.54, 1.807) is 24.3 Å². The minimum absolute atomic E-state index is 0.101. The van der Waals surface area contributed by atoms with Crippen LogP contribution in [0.25, 0.3) is 0 Å². The molecule has 0 bridgehead atoms. The Morgan fingerprint density at radius 3 is 2.76 bits per heavy atom. The maximum Gasteiger partial charge on any atom is 0.267 e. The van der Waals surface area contributed by atoms with Gasteiger partial charge in [0.2, 0.25) is 0 Å². The third-order valence-corrected chi connectivity index (χ3v) is 2.72. The van der Waals surface area contributed by atoms with Gasteiger partial charge in [0, 0.05) is 18.7 Å². The summed E-state index contributed by atoms with van der Waals surface area (Å²) in [5.41, 5.74) is 1.91. The summed E-state index contributed by atoms with van der Waals surface area (Å²) in [6.07, 6.45) is 0.488. The summed E-state index contributed by atoms with van der Waals surface area (Å²) in [6.45, 7) is -0.0428. The second-order valence-corrected chi connectivity index (χ2v) is 4.09. The minimum Gasteiger partial charge on any atom is -0.491 e. The van der Waals surface area contributed by atoms with Gasteiger partial charge in [-0.25, -0.2) is 5.48 Å². The molecular formula is C14H19NO6. The lowest BCUT2D eigenvalue weighted by atomic mass is 10.0. The zero-order valence-corrected chi connectivity index (χ0v) is 11.6. The number of ether oxygens (including phenoxy) is 2. The van der Waals surface area contributed by atoms with Crippen LogP contribution in [0.1, 0.15) is 11.7 Å². The first-order valence-corrected chi connectivity index (χ1v) is 6.29. The van der Waals surface area contributed by atoms with Crippen LogP contribution in [0.5, 0.6) is 5.75 Å². The van der Waals surface area contributed by atoms with E-state index in [0.29, 0.717) is 11.3 Å². The number of hydrogen-bond acceptors (Lipinski definition) is 6. The van der Waals surface area contributed by atoms with Crippen molar-refractivity contribution < 1.29 is 29.7 Å². The molecule has 1 aromatic carbocycles. The van der Waals surface area contributed by atoms with Gasteiger partial charge in [0.1, 0.15) is 24.6 Å². The Labute approximate surface area is 122 Å². The Hall–Kier alpha value is -1.93. The van der Waals surface area contributed by atoms with Crippen molar-refractivity contribution in [3.63, 3.8) is 0 Å². The molecule has 0 spiro atoms. The van der Waals surface area contributed by atoms with Crippen LogP contribution in [0.3, 0.4) is 0 Å². The van der Waals surface area contributed by atoms with Gasteiger partial charge in [0.15, 0.2) is 0 Å². The first-order chi connectivity index (χ1) is 10.1.